The molecule has 2 heterocycles. The number of nitrogens with zero attached hydrogens (tertiary/aromatic N) is 3. The molecule has 2 aromatic carbocycles. The normalized spacial score (nSPS) is 13.1. The van der Waals surface area contributed by atoms with Crippen LogP contribution in [0.3, 0.4) is 0 Å². The molecule has 0 unspecified atom stereocenters. The van der Waals surface area contributed by atoms with Crippen molar-refractivity contribution in [2.45, 2.75) is 19.9 Å². The van der Waals surface area contributed by atoms with Crippen LogP contribution >= 0.6 is 23.2 Å². The van der Waals surface area contributed by atoms with Gasteiger partial charge in [0.25, 0.3) is 5.91 Å². The van der Waals surface area contributed by atoms with Crippen molar-refractivity contribution in [3.8, 4) is 5.69 Å². The molecule has 1 aromatic heterocycles. The van der Waals surface area contributed by atoms with Crippen LogP contribution in [0.4, 0.5) is 0 Å². The van der Waals surface area contributed by atoms with Crippen LogP contribution in [0.2, 0.25) is 10.0 Å². The van der Waals surface area contributed by atoms with E-state index in [0.29, 0.717) is 34.1 Å². The number of aromatic nitrogens is 2. The second-order valence-corrected chi connectivity index (χ2v) is 7.66. The van der Waals surface area contributed by atoms with Gasteiger partial charge in [0.05, 0.1) is 34.6 Å². The summed E-state index contributed by atoms with van der Waals surface area (Å²) in [6.45, 7) is 2.75. The minimum absolute atomic E-state index is 0.179. The molecule has 30 heavy (non-hydrogen) atoms. The number of hydrogen-bond donors (Lipinski definition) is 0. The van der Waals surface area contributed by atoms with E-state index in [4.69, 9.17) is 27.9 Å². The molecule has 0 aliphatic carbocycles. The Morgan fingerprint density at radius 1 is 1.10 bits per heavy atom. The van der Waals surface area contributed by atoms with Crippen molar-refractivity contribution in [1.29, 1.82) is 0 Å². The van der Waals surface area contributed by atoms with E-state index < -0.39 is 5.97 Å². The average Bonchev–Trinajstić information content (AvgIpc) is 3.15. The third kappa shape index (κ3) is 3.80. The highest BCUT2D eigenvalue weighted by Crippen LogP contribution is 2.28. The molecule has 8 heteroatoms. The second-order valence-electron chi connectivity index (χ2n) is 6.85. The van der Waals surface area contributed by atoms with Crippen molar-refractivity contribution in [3.05, 3.63) is 81.1 Å². The van der Waals surface area contributed by atoms with Crippen LogP contribution < -0.4 is 0 Å². The molecule has 0 radical (unpaired) electrons. The summed E-state index contributed by atoms with van der Waals surface area (Å²) in [6, 6.07) is 14.4. The SMILES string of the molecule is CCOC(=O)c1nn(-c2ccccc2)c2c1CN(C(=O)c1ccc(Cl)c(Cl)c1)CC2. The predicted octanol–water partition coefficient (Wildman–Crippen LogP) is 4.55. The Hall–Kier alpha value is -2.83. The number of hydrogen-bond acceptors (Lipinski definition) is 4. The van der Waals surface area contributed by atoms with Gasteiger partial charge >= 0.3 is 5.97 Å². The maximum absolute atomic E-state index is 13.0. The Bertz CT molecular complexity index is 1110. The second kappa shape index (κ2) is 8.50. The third-order valence-electron chi connectivity index (χ3n) is 4.98. The van der Waals surface area contributed by atoms with Crippen molar-refractivity contribution in [3.63, 3.8) is 0 Å². The lowest BCUT2D eigenvalue weighted by molar-refractivity contribution is 0.0513. The number of esters is 1. The van der Waals surface area contributed by atoms with E-state index in [1.165, 1.54) is 0 Å². The lowest BCUT2D eigenvalue weighted by atomic mass is 10.0. The van der Waals surface area contributed by atoms with E-state index in [1.807, 2.05) is 30.3 Å². The van der Waals surface area contributed by atoms with Gasteiger partial charge in [-0.05, 0) is 37.3 Å². The molecule has 154 valence electrons. The van der Waals surface area contributed by atoms with Gasteiger partial charge in [0.1, 0.15) is 0 Å². The quantitative estimate of drug-likeness (QED) is 0.554. The Balaban J connectivity index is 1.71. The molecule has 1 aliphatic rings. The Morgan fingerprint density at radius 3 is 2.57 bits per heavy atom. The lowest BCUT2D eigenvalue weighted by Gasteiger charge is -2.28. The molecule has 0 fully saturated rings. The molecule has 0 atom stereocenters. The number of fused-ring (bicyclic) bond motifs is 1. The highest BCUT2D eigenvalue weighted by atomic mass is 35.5. The lowest BCUT2D eigenvalue weighted by Crippen LogP contribution is -2.36. The summed E-state index contributed by atoms with van der Waals surface area (Å²) in [6.07, 6.45) is 0.559. The number of halogens is 2. The molecule has 0 spiro atoms. The van der Waals surface area contributed by atoms with Crippen LogP contribution in [0.1, 0.15) is 39.0 Å². The number of carbonyl (C=O) groups excluding carboxylic acids is 2. The van der Waals surface area contributed by atoms with Gasteiger partial charge in [-0.1, -0.05) is 41.4 Å². The first-order valence-electron chi connectivity index (χ1n) is 9.57. The predicted molar refractivity (Wildman–Crippen MR) is 114 cm³/mol. The summed E-state index contributed by atoms with van der Waals surface area (Å²) in [7, 11) is 0. The van der Waals surface area contributed by atoms with E-state index in [-0.39, 0.29) is 24.8 Å². The molecule has 6 nitrogen and oxygen atoms in total. The summed E-state index contributed by atoms with van der Waals surface area (Å²) in [4.78, 5) is 27.3. The number of benzene rings is 2. The highest BCUT2D eigenvalue weighted by Gasteiger charge is 2.31. The zero-order valence-corrected chi connectivity index (χ0v) is 17.8. The first-order valence-corrected chi connectivity index (χ1v) is 10.3. The molecule has 1 amide bonds. The third-order valence-corrected chi connectivity index (χ3v) is 5.72. The molecule has 3 aromatic rings. The van der Waals surface area contributed by atoms with Crippen LogP contribution in [0.15, 0.2) is 48.5 Å². The molecule has 1 aliphatic heterocycles. The fraction of sp³-hybridized carbons (Fsp3) is 0.227. The average molecular weight is 444 g/mol. The van der Waals surface area contributed by atoms with Crippen molar-refractivity contribution in [2.24, 2.45) is 0 Å². The molecule has 0 saturated carbocycles. The number of para-hydroxylation sites is 1. The number of carbonyl (C=O) groups is 2. The topological polar surface area (TPSA) is 64.4 Å². The monoisotopic (exact) mass is 443 g/mol. The van der Waals surface area contributed by atoms with Crippen LogP contribution in [-0.2, 0) is 17.7 Å². The van der Waals surface area contributed by atoms with Gasteiger partial charge in [0.2, 0.25) is 0 Å². The Labute approximate surface area is 184 Å². The molecule has 4 rings (SSSR count). The van der Waals surface area contributed by atoms with Gasteiger partial charge in [-0.3, -0.25) is 4.79 Å². The van der Waals surface area contributed by atoms with Crippen molar-refractivity contribution >= 4 is 35.1 Å². The van der Waals surface area contributed by atoms with Crippen LogP contribution in [-0.4, -0.2) is 39.7 Å². The van der Waals surface area contributed by atoms with Crippen LogP contribution in [0.25, 0.3) is 5.69 Å². The minimum atomic E-state index is -0.493. The van der Waals surface area contributed by atoms with E-state index in [9.17, 15) is 9.59 Å². The summed E-state index contributed by atoms with van der Waals surface area (Å²) in [5, 5.41) is 5.25. The van der Waals surface area contributed by atoms with Gasteiger partial charge in [-0.2, -0.15) is 5.10 Å². The van der Waals surface area contributed by atoms with E-state index in [0.717, 1.165) is 11.4 Å². The molecule has 0 N–H and O–H groups in total. The molecular formula is C22H19Cl2N3O3. The maximum atomic E-state index is 13.0. The Morgan fingerprint density at radius 2 is 1.87 bits per heavy atom. The van der Waals surface area contributed by atoms with Crippen LogP contribution in [0.5, 0.6) is 0 Å². The Kier molecular flexibility index (Phi) is 5.79. The molecule has 0 saturated heterocycles. The zero-order chi connectivity index (χ0) is 21.3. The first-order chi connectivity index (χ1) is 14.5. The zero-order valence-electron chi connectivity index (χ0n) is 16.3. The van der Waals surface area contributed by atoms with Crippen molar-refractivity contribution < 1.29 is 14.3 Å². The number of rotatable bonds is 4. The summed E-state index contributed by atoms with van der Waals surface area (Å²) in [5.74, 6) is -0.672. The largest absolute Gasteiger partial charge is 0.461 e. The number of ether oxygens (including phenoxy) is 1. The van der Waals surface area contributed by atoms with Crippen molar-refractivity contribution in [1.82, 2.24) is 14.7 Å². The van der Waals surface area contributed by atoms with Gasteiger partial charge in [-0.25, -0.2) is 9.48 Å². The van der Waals surface area contributed by atoms with E-state index >= 15 is 0 Å². The van der Waals surface area contributed by atoms with Gasteiger partial charge in [0, 0.05) is 24.1 Å². The van der Waals surface area contributed by atoms with Crippen LogP contribution in [0, 0.1) is 0 Å². The fourth-order valence-corrected chi connectivity index (χ4v) is 3.85. The smallest absolute Gasteiger partial charge is 0.359 e. The minimum Gasteiger partial charge on any atom is -0.461 e. The summed E-state index contributed by atoms with van der Waals surface area (Å²) >= 11 is 12.0. The van der Waals surface area contributed by atoms with E-state index in [1.54, 1.807) is 34.7 Å². The van der Waals surface area contributed by atoms with Gasteiger partial charge in [-0.15, -0.1) is 0 Å². The summed E-state index contributed by atoms with van der Waals surface area (Å²) in [5.41, 5.74) is 3.15. The van der Waals surface area contributed by atoms with Gasteiger partial charge < -0.3 is 9.64 Å². The van der Waals surface area contributed by atoms with Crippen molar-refractivity contribution in [2.75, 3.05) is 13.2 Å². The van der Waals surface area contributed by atoms with Gasteiger partial charge in [0.15, 0.2) is 5.69 Å². The number of amides is 1. The summed E-state index contributed by atoms with van der Waals surface area (Å²) < 4.78 is 6.97. The first kappa shape index (κ1) is 20.4. The van der Waals surface area contributed by atoms with E-state index in [2.05, 4.69) is 5.10 Å². The highest BCUT2D eigenvalue weighted by molar-refractivity contribution is 6.42. The molecule has 0 bridgehead atoms. The molecular weight excluding hydrogens is 425 g/mol. The standard InChI is InChI=1S/C22H19Cl2N3O3/c1-2-30-22(29)20-16-13-26(21(28)14-8-9-17(23)18(24)12-14)11-10-19(16)27(25-20)15-6-4-3-5-7-15/h3-9,12H,2,10-11,13H2,1H3. The fourth-order valence-electron chi connectivity index (χ4n) is 3.55. The maximum Gasteiger partial charge on any atom is 0.359 e.